The number of halogens is 1. The van der Waals surface area contributed by atoms with Crippen molar-refractivity contribution in [2.75, 3.05) is 11.5 Å². The number of ketones is 1. The highest BCUT2D eigenvalue weighted by Gasteiger charge is 2.28. The minimum absolute atomic E-state index is 0.0100. The molecule has 7 heteroatoms. The average molecular weight is 330 g/mol. The molecule has 0 spiro atoms. The van der Waals surface area contributed by atoms with Crippen LogP contribution in [0.2, 0.25) is 5.02 Å². The minimum atomic E-state index is -3.01. The van der Waals surface area contributed by atoms with E-state index in [2.05, 4.69) is 5.32 Å². The van der Waals surface area contributed by atoms with E-state index in [9.17, 15) is 18.0 Å². The third-order valence-corrected chi connectivity index (χ3v) is 5.36. The zero-order valence-corrected chi connectivity index (χ0v) is 12.9. The molecule has 1 atom stereocenters. The number of amides is 1. The third kappa shape index (κ3) is 4.82. The van der Waals surface area contributed by atoms with Crippen molar-refractivity contribution in [3.8, 4) is 0 Å². The van der Waals surface area contributed by atoms with Crippen LogP contribution >= 0.6 is 11.6 Å². The van der Waals surface area contributed by atoms with Crippen molar-refractivity contribution < 1.29 is 18.0 Å². The Morgan fingerprint density at radius 1 is 1.19 bits per heavy atom. The van der Waals surface area contributed by atoms with Crippen LogP contribution in [-0.2, 0) is 14.6 Å². The van der Waals surface area contributed by atoms with Crippen molar-refractivity contribution in [1.82, 2.24) is 5.32 Å². The first-order chi connectivity index (χ1) is 9.85. The molecular formula is C14H16ClNO4S. The van der Waals surface area contributed by atoms with Crippen molar-refractivity contribution in [2.24, 2.45) is 0 Å². The molecule has 0 bridgehead atoms. The number of Topliss-reactive ketones (excluding diaryl/α,β-unsaturated/α-hetero) is 1. The fourth-order valence-electron chi connectivity index (χ4n) is 2.22. The fourth-order valence-corrected chi connectivity index (χ4v) is 4.02. The van der Waals surface area contributed by atoms with Gasteiger partial charge < -0.3 is 5.32 Å². The van der Waals surface area contributed by atoms with E-state index in [-0.39, 0.29) is 42.1 Å². The summed E-state index contributed by atoms with van der Waals surface area (Å²) >= 11 is 5.74. The highest BCUT2D eigenvalue weighted by Crippen LogP contribution is 2.13. The van der Waals surface area contributed by atoms with Crippen LogP contribution in [0.3, 0.4) is 0 Å². The van der Waals surface area contributed by atoms with Crippen LogP contribution in [0.5, 0.6) is 0 Å². The Kier molecular flexibility index (Phi) is 5.00. The molecule has 1 aliphatic heterocycles. The van der Waals surface area contributed by atoms with Crippen LogP contribution in [-0.4, -0.2) is 37.7 Å². The molecule has 0 saturated carbocycles. The Labute approximate surface area is 128 Å². The van der Waals surface area contributed by atoms with Crippen molar-refractivity contribution in [2.45, 2.75) is 25.3 Å². The molecule has 1 amide bonds. The maximum absolute atomic E-state index is 11.9. The quantitative estimate of drug-likeness (QED) is 0.832. The molecule has 2 rings (SSSR count). The highest BCUT2D eigenvalue weighted by molar-refractivity contribution is 7.91. The van der Waals surface area contributed by atoms with E-state index in [1.165, 1.54) is 0 Å². The van der Waals surface area contributed by atoms with Crippen molar-refractivity contribution in [3.63, 3.8) is 0 Å². The van der Waals surface area contributed by atoms with Crippen LogP contribution in [0.4, 0.5) is 0 Å². The van der Waals surface area contributed by atoms with Gasteiger partial charge in [-0.2, -0.15) is 0 Å². The van der Waals surface area contributed by atoms with Gasteiger partial charge in [-0.05, 0) is 30.7 Å². The zero-order chi connectivity index (χ0) is 15.5. The molecule has 21 heavy (non-hydrogen) atoms. The number of sulfone groups is 1. The van der Waals surface area contributed by atoms with E-state index in [4.69, 9.17) is 11.6 Å². The standard InChI is InChI=1S/C14H16ClNO4S/c15-11-3-1-10(2-4-11)13(17)5-6-14(18)16-12-7-8-21(19,20)9-12/h1-4,12H,5-9H2,(H,16,18)/t12-/m0/s1. The van der Waals surface area contributed by atoms with E-state index in [0.717, 1.165) is 0 Å². The van der Waals surface area contributed by atoms with Crippen molar-refractivity contribution in [3.05, 3.63) is 34.9 Å². The molecule has 1 aliphatic rings. The molecule has 1 heterocycles. The smallest absolute Gasteiger partial charge is 0.220 e. The van der Waals surface area contributed by atoms with Gasteiger partial charge in [0.05, 0.1) is 11.5 Å². The van der Waals surface area contributed by atoms with E-state index in [0.29, 0.717) is 17.0 Å². The summed E-state index contributed by atoms with van der Waals surface area (Å²) in [5.74, 6) is -0.328. The second-order valence-electron chi connectivity index (χ2n) is 5.10. The maximum atomic E-state index is 11.9. The lowest BCUT2D eigenvalue weighted by atomic mass is 10.1. The predicted octanol–water partition coefficient (Wildman–Crippen LogP) is 1.61. The number of nitrogens with one attached hydrogen (secondary N) is 1. The van der Waals surface area contributed by atoms with Gasteiger partial charge in [0.25, 0.3) is 0 Å². The Bertz CT molecular complexity index is 639. The van der Waals surface area contributed by atoms with Crippen LogP contribution in [0.25, 0.3) is 0 Å². The molecule has 114 valence electrons. The molecule has 1 N–H and O–H groups in total. The van der Waals surface area contributed by atoms with Gasteiger partial charge in [0, 0.05) is 29.5 Å². The second-order valence-corrected chi connectivity index (χ2v) is 7.76. The van der Waals surface area contributed by atoms with Crippen molar-refractivity contribution in [1.29, 1.82) is 0 Å². The zero-order valence-electron chi connectivity index (χ0n) is 11.3. The summed E-state index contributed by atoms with van der Waals surface area (Å²) in [6.07, 6.45) is 0.587. The highest BCUT2D eigenvalue weighted by atomic mass is 35.5. The first-order valence-corrected chi connectivity index (χ1v) is 8.84. The molecule has 0 aliphatic carbocycles. The summed E-state index contributed by atoms with van der Waals surface area (Å²) in [5, 5.41) is 3.21. The van der Waals surface area contributed by atoms with E-state index < -0.39 is 9.84 Å². The van der Waals surface area contributed by atoms with Gasteiger partial charge in [-0.3, -0.25) is 9.59 Å². The van der Waals surface area contributed by atoms with E-state index in [1.807, 2.05) is 0 Å². The number of hydrogen-bond acceptors (Lipinski definition) is 4. The number of benzene rings is 1. The van der Waals surface area contributed by atoms with Gasteiger partial charge in [-0.15, -0.1) is 0 Å². The molecule has 5 nitrogen and oxygen atoms in total. The molecule has 0 unspecified atom stereocenters. The number of carbonyl (C=O) groups is 2. The maximum Gasteiger partial charge on any atom is 0.220 e. The summed E-state index contributed by atoms with van der Waals surface area (Å²) in [6, 6.07) is 6.16. The van der Waals surface area contributed by atoms with Crippen LogP contribution in [0.1, 0.15) is 29.6 Å². The largest absolute Gasteiger partial charge is 0.352 e. The van der Waals surface area contributed by atoms with Crippen LogP contribution < -0.4 is 5.32 Å². The van der Waals surface area contributed by atoms with Gasteiger partial charge >= 0.3 is 0 Å². The molecular weight excluding hydrogens is 314 g/mol. The number of rotatable bonds is 5. The summed E-state index contributed by atoms with van der Waals surface area (Å²) in [5.41, 5.74) is 0.510. The van der Waals surface area contributed by atoms with Gasteiger partial charge in [-0.1, -0.05) is 11.6 Å². The predicted molar refractivity (Wildman–Crippen MR) is 80.2 cm³/mol. The molecule has 1 aromatic rings. The van der Waals surface area contributed by atoms with Crippen LogP contribution in [0, 0.1) is 0 Å². The summed E-state index contributed by atoms with van der Waals surface area (Å²) in [6.45, 7) is 0. The molecule has 0 aromatic heterocycles. The normalized spacial score (nSPS) is 20.1. The lowest BCUT2D eigenvalue weighted by Crippen LogP contribution is -2.35. The minimum Gasteiger partial charge on any atom is -0.352 e. The fraction of sp³-hybridized carbons (Fsp3) is 0.429. The lowest BCUT2D eigenvalue weighted by molar-refractivity contribution is -0.121. The molecule has 1 fully saturated rings. The first-order valence-electron chi connectivity index (χ1n) is 6.64. The Balaban J connectivity index is 1.79. The first kappa shape index (κ1) is 16.0. The van der Waals surface area contributed by atoms with Gasteiger partial charge in [0.15, 0.2) is 15.6 Å². The topological polar surface area (TPSA) is 80.3 Å². The van der Waals surface area contributed by atoms with Crippen molar-refractivity contribution >= 4 is 33.1 Å². The van der Waals surface area contributed by atoms with Gasteiger partial charge in [0.1, 0.15) is 0 Å². The summed E-state index contributed by atoms with van der Waals surface area (Å²) in [7, 11) is -3.01. The molecule has 1 saturated heterocycles. The second kappa shape index (κ2) is 6.58. The Morgan fingerprint density at radius 3 is 2.43 bits per heavy atom. The van der Waals surface area contributed by atoms with E-state index in [1.54, 1.807) is 24.3 Å². The van der Waals surface area contributed by atoms with Gasteiger partial charge in [0.2, 0.25) is 5.91 Å². The SMILES string of the molecule is O=C(CCC(=O)c1ccc(Cl)cc1)N[C@H]1CCS(=O)(=O)C1. The number of hydrogen-bond donors (Lipinski definition) is 1. The third-order valence-electron chi connectivity index (χ3n) is 3.34. The lowest BCUT2D eigenvalue weighted by Gasteiger charge is -2.10. The van der Waals surface area contributed by atoms with E-state index >= 15 is 0 Å². The molecule has 1 aromatic carbocycles. The summed E-state index contributed by atoms with van der Waals surface area (Å²) in [4.78, 5) is 23.6. The molecule has 0 radical (unpaired) electrons. The number of carbonyl (C=O) groups excluding carboxylic acids is 2. The Hall–Kier alpha value is -1.40. The summed E-state index contributed by atoms with van der Waals surface area (Å²) < 4.78 is 22.6. The monoisotopic (exact) mass is 329 g/mol. The average Bonchev–Trinajstić information content (AvgIpc) is 2.76. The Morgan fingerprint density at radius 2 is 1.86 bits per heavy atom. The van der Waals surface area contributed by atoms with Crippen LogP contribution in [0.15, 0.2) is 24.3 Å². The van der Waals surface area contributed by atoms with Gasteiger partial charge in [-0.25, -0.2) is 8.42 Å².